The standard InChI is InChI=1S/C39H46N8O8.C14H21IN4O3.C11H6O2/c1-22(2)30(44-38(50)52-5)36(48)46-17-7-9-28(46)34-40-19-26(42-34)15-13-24-11-12-25(33-32(24)54-21-55-33)14-16-27-20-41-35(43-27)29-10-8-18-47(29)37(49)31(23(3)4)45-39(51)53-6;1-8(2)11(18-14(21)22-3)13(20)19-6-4-5-9(19)12-16-7-10(15)17-12;1-3-8-5-6-9(4-2)11-10(8)12-7-13-11/h11-12,19-20,22-23,28-31H,7-10,17-18,21H2,1-6H3,(H,40,42)(H,41,43)(H,44,50)(H,45,51);7-9,11H,4-6H2,1-3H3,(H,16,17)(H,18,21);1-2,5-6H,7H2/t28-,29-,30-,31-;9-,11-;/m00./s1. The lowest BCUT2D eigenvalue weighted by molar-refractivity contribution is -0.136. The van der Waals surface area contributed by atoms with Crippen molar-refractivity contribution in [3.8, 4) is 71.4 Å². The number of hydrogen-bond acceptors (Lipinski definition) is 16. The molecule has 90 heavy (non-hydrogen) atoms. The van der Waals surface area contributed by atoms with Crippen LogP contribution in [0.25, 0.3) is 0 Å². The second kappa shape index (κ2) is 30.6. The van der Waals surface area contributed by atoms with Crippen LogP contribution in [0.3, 0.4) is 0 Å². The Balaban J connectivity index is 0.000000241. The number of terminal acetylenes is 2. The van der Waals surface area contributed by atoms with Gasteiger partial charge in [-0.1, -0.05) is 65.2 Å². The van der Waals surface area contributed by atoms with Crippen molar-refractivity contribution in [2.24, 2.45) is 17.8 Å². The molecule has 0 unspecified atom stereocenters. The molecule has 10 rings (SSSR count). The molecule has 5 aromatic rings. The van der Waals surface area contributed by atoms with E-state index in [9.17, 15) is 28.8 Å². The van der Waals surface area contributed by atoms with Gasteiger partial charge in [0.05, 0.1) is 84.0 Å². The number of fused-ring (bicyclic) bond motifs is 2. The van der Waals surface area contributed by atoms with Crippen molar-refractivity contribution in [1.29, 1.82) is 0 Å². The average Bonchev–Trinajstić information content (AvgIpc) is 3.87. The second-order valence-electron chi connectivity index (χ2n) is 22.4. The Morgan fingerprint density at radius 1 is 0.511 bits per heavy atom. The maximum absolute atomic E-state index is 13.5. The van der Waals surface area contributed by atoms with Gasteiger partial charge in [0, 0.05) is 19.6 Å². The number of aromatic amines is 3. The van der Waals surface area contributed by atoms with Gasteiger partial charge < -0.3 is 78.8 Å². The van der Waals surface area contributed by atoms with Gasteiger partial charge in [0.15, 0.2) is 23.0 Å². The van der Waals surface area contributed by atoms with Crippen LogP contribution in [-0.4, -0.2) is 153 Å². The van der Waals surface area contributed by atoms with Gasteiger partial charge in [0.2, 0.25) is 31.3 Å². The van der Waals surface area contributed by atoms with E-state index in [4.69, 9.17) is 41.3 Å². The van der Waals surface area contributed by atoms with Crippen LogP contribution in [0.1, 0.15) is 149 Å². The molecular formula is C64H73IN12O13. The van der Waals surface area contributed by atoms with Gasteiger partial charge in [-0.2, -0.15) is 0 Å². The van der Waals surface area contributed by atoms with E-state index in [2.05, 4.69) is 109 Å². The van der Waals surface area contributed by atoms with Crippen molar-refractivity contribution in [3.63, 3.8) is 0 Å². The molecule has 6 atom stereocenters. The third-order valence-corrected chi connectivity index (χ3v) is 16.0. The lowest BCUT2D eigenvalue weighted by Crippen LogP contribution is -2.51. The van der Waals surface area contributed by atoms with E-state index in [0.29, 0.717) is 87.9 Å². The Bertz CT molecular complexity index is 3480. The van der Waals surface area contributed by atoms with Crippen molar-refractivity contribution in [1.82, 2.24) is 60.6 Å². The summed E-state index contributed by atoms with van der Waals surface area (Å²) in [6.07, 6.45) is 18.5. The minimum atomic E-state index is -0.724. The van der Waals surface area contributed by atoms with Crippen molar-refractivity contribution < 1.29 is 61.9 Å². The number of carbonyl (C=O) groups excluding carboxylic acids is 6. The Hall–Kier alpha value is -9.54. The lowest BCUT2D eigenvalue weighted by atomic mass is 10.0. The summed E-state index contributed by atoms with van der Waals surface area (Å²) in [6.45, 7) is 13.3. The molecule has 3 fully saturated rings. The summed E-state index contributed by atoms with van der Waals surface area (Å²) in [7, 11) is 3.83. The summed E-state index contributed by atoms with van der Waals surface area (Å²) >= 11 is 2.16. The zero-order valence-corrected chi connectivity index (χ0v) is 53.7. The fourth-order valence-electron chi connectivity index (χ4n) is 10.9. The maximum Gasteiger partial charge on any atom is 0.407 e. The number of likely N-dealkylation sites (tertiary alicyclic amines) is 3. The summed E-state index contributed by atoms with van der Waals surface area (Å²) in [5.41, 5.74) is 3.69. The van der Waals surface area contributed by atoms with Crippen LogP contribution in [0.4, 0.5) is 14.4 Å². The molecule has 5 aliphatic heterocycles. The summed E-state index contributed by atoms with van der Waals surface area (Å²) in [5.74, 6) is 20.9. The summed E-state index contributed by atoms with van der Waals surface area (Å²) < 4.78 is 37.0. The number of aromatic nitrogens is 6. The monoisotopic (exact) mass is 1340 g/mol. The predicted molar refractivity (Wildman–Crippen MR) is 335 cm³/mol. The Morgan fingerprint density at radius 3 is 1.12 bits per heavy atom. The molecule has 3 aromatic heterocycles. The molecule has 0 spiro atoms. The number of imidazole rings is 3. The van der Waals surface area contributed by atoms with E-state index in [1.807, 2.05) is 53.7 Å². The summed E-state index contributed by atoms with van der Waals surface area (Å²) in [5, 5.41) is 7.96. The zero-order chi connectivity index (χ0) is 64.8. The highest BCUT2D eigenvalue weighted by atomic mass is 127. The van der Waals surface area contributed by atoms with Gasteiger partial charge in [0.1, 0.15) is 47.0 Å². The molecule has 5 aliphatic rings. The fraction of sp³-hybridized carbons (Fsp3) is 0.453. The van der Waals surface area contributed by atoms with Crippen LogP contribution in [-0.2, 0) is 28.6 Å². The molecule has 25 nitrogen and oxygen atoms in total. The van der Waals surface area contributed by atoms with Gasteiger partial charge in [-0.15, -0.1) is 12.8 Å². The van der Waals surface area contributed by atoms with Crippen molar-refractivity contribution in [2.45, 2.75) is 116 Å². The van der Waals surface area contributed by atoms with Crippen LogP contribution in [0.15, 0.2) is 42.9 Å². The highest BCUT2D eigenvalue weighted by molar-refractivity contribution is 14.1. The molecule has 0 bridgehead atoms. The lowest BCUT2D eigenvalue weighted by Gasteiger charge is -2.29. The molecule has 6 amide bonds. The third-order valence-electron chi connectivity index (χ3n) is 15.5. The first kappa shape index (κ1) is 66.4. The number of amides is 6. The van der Waals surface area contributed by atoms with Crippen LogP contribution >= 0.6 is 22.6 Å². The van der Waals surface area contributed by atoms with Gasteiger partial charge in [0.25, 0.3) is 0 Å². The van der Waals surface area contributed by atoms with Crippen LogP contribution < -0.4 is 34.9 Å². The van der Waals surface area contributed by atoms with Crippen molar-refractivity contribution >= 4 is 58.6 Å². The molecule has 0 aliphatic carbocycles. The number of nitrogens with one attached hydrogen (secondary N) is 6. The normalized spacial score (nSPS) is 17.6. The second-order valence-corrected chi connectivity index (χ2v) is 23.5. The maximum atomic E-state index is 13.5. The fourth-order valence-corrected chi connectivity index (χ4v) is 11.3. The van der Waals surface area contributed by atoms with Gasteiger partial charge >= 0.3 is 18.3 Å². The van der Waals surface area contributed by atoms with E-state index >= 15 is 0 Å². The third kappa shape index (κ3) is 15.6. The number of H-pyrrole nitrogens is 3. The molecule has 474 valence electrons. The smallest absolute Gasteiger partial charge is 0.407 e. The number of hydrogen-bond donors (Lipinski definition) is 6. The summed E-state index contributed by atoms with van der Waals surface area (Å²) in [4.78, 5) is 104. The van der Waals surface area contributed by atoms with Crippen LogP contribution in [0, 0.1) is 69.8 Å². The number of carbonyl (C=O) groups is 6. The number of benzene rings is 2. The molecule has 8 heterocycles. The van der Waals surface area contributed by atoms with E-state index in [1.165, 1.54) is 21.3 Å². The molecule has 26 heteroatoms. The number of methoxy groups -OCH3 is 3. The minimum absolute atomic E-state index is 0.0205. The molecule has 6 N–H and O–H groups in total. The van der Waals surface area contributed by atoms with E-state index < -0.39 is 36.4 Å². The Labute approximate surface area is 536 Å². The number of alkyl carbamates (subject to hydrolysis) is 3. The zero-order valence-electron chi connectivity index (χ0n) is 51.5. The first-order valence-corrected chi connectivity index (χ1v) is 30.4. The Morgan fingerprint density at radius 2 is 0.822 bits per heavy atom. The van der Waals surface area contributed by atoms with E-state index in [1.54, 1.807) is 45.4 Å². The highest BCUT2D eigenvalue weighted by Gasteiger charge is 2.40. The topological polar surface area (TPSA) is 299 Å². The SMILES string of the molecule is C#Cc1ccc(C#C)c2c1OCO2.COC(=O)N[C@H](C(=O)N1CCC[C@H]1c1ncc(C#Cc2ccc(C#Cc3cnc([C@@H]4CCCN4C(=O)[C@@H](NC(=O)OC)C(C)C)[nH]3)c3c2OCO3)[nH]1)C(C)C.COC(=O)N[C@H](C(=O)N1CCC[C@H]1c1ncc(I)[nH]1)C(C)C. The summed E-state index contributed by atoms with van der Waals surface area (Å²) in [6, 6.07) is 4.48. The quantitative estimate of drug-likeness (QED) is 0.0409. The molecule has 3 saturated heterocycles. The van der Waals surface area contributed by atoms with Crippen LogP contribution in [0.5, 0.6) is 23.0 Å². The van der Waals surface area contributed by atoms with Gasteiger partial charge in [-0.05, 0) is 115 Å². The Kier molecular flexibility index (Phi) is 22.6. The molecular weight excluding hydrogens is 1270 g/mol. The minimum Gasteiger partial charge on any atom is -0.453 e. The largest absolute Gasteiger partial charge is 0.453 e. The first-order valence-electron chi connectivity index (χ1n) is 29.4. The molecule has 0 saturated carbocycles. The number of rotatable bonds is 12. The van der Waals surface area contributed by atoms with Gasteiger partial charge in [-0.3, -0.25) is 14.4 Å². The van der Waals surface area contributed by atoms with E-state index in [-0.39, 0.29) is 67.2 Å². The number of ether oxygens (including phenoxy) is 7. The van der Waals surface area contributed by atoms with Gasteiger partial charge in [-0.25, -0.2) is 29.3 Å². The predicted octanol–water partition coefficient (Wildman–Crippen LogP) is 7.19. The first-order chi connectivity index (χ1) is 43.3. The number of halogens is 1. The molecule has 0 radical (unpaired) electrons. The average molecular weight is 1350 g/mol. The van der Waals surface area contributed by atoms with Crippen molar-refractivity contribution in [3.05, 3.63) is 97.7 Å². The van der Waals surface area contributed by atoms with Crippen LogP contribution in [0.2, 0.25) is 0 Å². The van der Waals surface area contributed by atoms with E-state index in [0.717, 1.165) is 48.0 Å². The van der Waals surface area contributed by atoms with Crippen molar-refractivity contribution in [2.75, 3.05) is 54.5 Å². The number of nitrogens with zero attached hydrogens (tertiary/aromatic N) is 6. The molecule has 2 aromatic carbocycles. The highest BCUT2D eigenvalue weighted by Crippen LogP contribution is 2.40.